The number of hydrogen-bond acceptors (Lipinski definition) is 3. The predicted molar refractivity (Wildman–Crippen MR) is 74.8 cm³/mol. The summed E-state index contributed by atoms with van der Waals surface area (Å²) in [6.07, 6.45) is 2.00. The van der Waals surface area contributed by atoms with Crippen LogP contribution in [-0.4, -0.2) is 36.6 Å². The predicted octanol–water partition coefficient (Wildman–Crippen LogP) is 1.13. The Bertz CT molecular complexity index is 552. The number of carbonyl (C=O) groups excluding carboxylic acids is 1. The van der Waals surface area contributed by atoms with Crippen molar-refractivity contribution in [1.29, 1.82) is 0 Å². The number of nitrogens with zero attached hydrogens (tertiary/aromatic N) is 1. The van der Waals surface area contributed by atoms with Gasteiger partial charge in [-0.05, 0) is 24.5 Å². The second kappa shape index (κ2) is 4.81. The van der Waals surface area contributed by atoms with E-state index in [0.717, 1.165) is 30.6 Å². The molecule has 5 nitrogen and oxygen atoms in total. The van der Waals surface area contributed by atoms with Gasteiger partial charge in [-0.2, -0.15) is 0 Å². The zero-order valence-electron chi connectivity index (χ0n) is 11.3. The molecule has 0 atom stereocenters. The van der Waals surface area contributed by atoms with Crippen molar-refractivity contribution >= 4 is 17.6 Å². The van der Waals surface area contributed by atoms with Crippen molar-refractivity contribution in [3.8, 4) is 0 Å². The Morgan fingerprint density at radius 2 is 2.10 bits per heavy atom. The second-order valence-electron chi connectivity index (χ2n) is 5.64. The molecule has 1 aliphatic heterocycles. The number of nitrogens with one attached hydrogen (secondary N) is 1. The molecule has 0 bridgehead atoms. The van der Waals surface area contributed by atoms with Crippen molar-refractivity contribution in [1.82, 2.24) is 5.32 Å². The first kappa shape index (κ1) is 13.0. The number of carboxylic acid groups (broad SMARTS) is 1. The van der Waals surface area contributed by atoms with Crippen LogP contribution in [0.1, 0.15) is 24.8 Å². The molecule has 1 amide bonds. The van der Waals surface area contributed by atoms with Gasteiger partial charge < -0.3 is 15.3 Å². The van der Waals surface area contributed by atoms with Crippen LogP contribution in [0.4, 0.5) is 5.69 Å². The van der Waals surface area contributed by atoms with Crippen LogP contribution in [0.15, 0.2) is 24.3 Å². The molecule has 20 heavy (non-hydrogen) atoms. The van der Waals surface area contributed by atoms with Gasteiger partial charge in [-0.15, -0.1) is 0 Å². The highest BCUT2D eigenvalue weighted by Gasteiger charge is 2.47. The minimum atomic E-state index is -0.756. The van der Waals surface area contributed by atoms with Gasteiger partial charge in [0.15, 0.2) is 0 Å². The van der Waals surface area contributed by atoms with Crippen LogP contribution in [0.2, 0.25) is 0 Å². The van der Waals surface area contributed by atoms with E-state index in [4.69, 9.17) is 5.11 Å². The van der Waals surface area contributed by atoms with E-state index in [-0.39, 0.29) is 17.7 Å². The van der Waals surface area contributed by atoms with Crippen LogP contribution in [0.25, 0.3) is 0 Å². The number of carbonyl (C=O) groups is 2. The van der Waals surface area contributed by atoms with Crippen molar-refractivity contribution in [3.63, 3.8) is 0 Å². The maximum absolute atomic E-state index is 11.6. The normalized spacial score (nSPS) is 20.4. The molecule has 2 N–H and O–H groups in total. The molecule has 0 aromatic heterocycles. The van der Waals surface area contributed by atoms with E-state index < -0.39 is 5.97 Å². The lowest BCUT2D eigenvalue weighted by molar-refractivity contribution is -0.137. The van der Waals surface area contributed by atoms with Gasteiger partial charge in [0.25, 0.3) is 0 Å². The summed E-state index contributed by atoms with van der Waals surface area (Å²) in [5, 5.41) is 11.9. The summed E-state index contributed by atoms with van der Waals surface area (Å²) in [5.41, 5.74) is 1.87. The lowest BCUT2D eigenvalue weighted by Crippen LogP contribution is -2.48. The van der Waals surface area contributed by atoms with Crippen molar-refractivity contribution in [2.75, 3.05) is 24.5 Å². The van der Waals surface area contributed by atoms with E-state index in [1.54, 1.807) is 0 Å². The Hall–Kier alpha value is -2.04. The average molecular weight is 274 g/mol. The summed E-state index contributed by atoms with van der Waals surface area (Å²) < 4.78 is 0. The van der Waals surface area contributed by atoms with E-state index in [1.165, 1.54) is 0 Å². The second-order valence-corrected chi connectivity index (χ2v) is 5.64. The standard InChI is InChI=1S/C15H18N2O3/c18-13-10-17(8-7-16-13)12-4-2-1-3-11(12)15(5-6-15)9-14(19)20/h1-4H,5-10H2,(H,16,18)(H,19,20). The van der Waals surface area contributed by atoms with Crippen molar-refractivity contribution in [3.05, 3.63) is 29.8 Å². The smallest absolute Gasteiger partial charge is 0.304 e. The topological polar surface area (TPSA) is 69.6 Å². The van der Waals surface area contributed by atoms with Crippen molar-refractivity contribution in [2.24, 2.45) is 0 Å². The van der Waals surface area contributed by atoms with Gasteiger partial charge in [0.05, 0.1) is 13.0 Å². The van der Waals surface area contributed by atoms with Crippen molar-refractivity contribution in [2.45, 2.75) is 24.7 Å². The van der Waals surface area contributed by atoms with Gasteiger partial charge in [0, 0.05) is 24.2 Å². The highest BCUT2D eigenvalue weighted by Crippen LogP contribution is 2.53. The molecule has 2 fully saturated rings. The Morgan fingerprint density at radius 3 is 2.75 bits per heavy atom. The summed E-state index contributed by atoms with van der Waals surface area (Å²) >= 11 is 0. The maximum atomic E-state index is 11.6. The summed E-state index contributed by atoms with van der Waals surface area (Å²) in [6.45, 7) is 1.76. The van der Waals surface area contributed by atoms with Crippen LogP contribution in [-0.2, 0) is 15.0 Å². The van der Waals surface area contributed by atoms with Gasteiger partial charge in [-0.3, -0.25) is 9.59 Å². The van der Waals surface area contributed by atoms with Gasteiger partial charge in [0.2, 0.25) is 5.91 Å². The highest BCUT2D eigenvalue weighted by molar-refractivity contribution is 5.83. The number of piperazine rings is 1. The van der Waals surface area contributed by atoms with Crippen molar-refractivity contribution < 1.29 is 14.7 Å². The third-order valence-corrected chi connectivity index (χ3v) is 4.20. The van der Waals surface area contributed by atoms with E-state index in [0.29, 0.717) is 13.1 Å². The molecule has 1 saturated carbocycles. The zero-order valence-corrected chi connectivity index (χ0v) is 11.3. The third kappa shape index (κ3) is 2.35. The van der Waals surface area contributed by atoms with Crippen LogP contribution >= 0.6 is 0 Å². The highest BCUT2D eigenvalue weighted by atomic mass is 16.4. The van der Waals surface area contributed by atoms with Gasteiger partial charge in [0.1, 0.15) is 0 Å². The fourth-order valence-electron chi connectivity index (χ4n) is 3.02. The first-order valence-corrected chi connectivity index (χ1v) is 6.94. The number of benzene rings is 1. The number of rotatable bonds is 4. The van der Waals surface area contributed by atoms with Gasteiger partial charge in [-0.25, -0.2) is 0 Å². The Morgan fingerprint density at radius 1 is 1.35 bits per heavy atom. The molecule has 3 rings (SSSR count). The van der Waals surface area contributed by atoms with Crippen LogP contribution < -0.4 is 10.2 Å². The van der Waals surface area contributed by atoms with Crippen LogP contribution in [0, 0.1) is 0 Å². The summed E-state index contributed by atoms with van der Waals surface area (Å²) in [4.78, 5) is 24.7. The van der Waals surface area contributed by atoms with Gasteiger partial charge >= 0.3 is 5.97 Å². The van der Waals surface area contributed by atoms with E-state index in [2.05, 4.69) is 10.2 Å². The number of hydrogen-bond donors (Lipinski definition) is 2. The number of para-hydroxylation sites is 1. The zero-order chi connectivity index (χ0) is 14.2. The van der Waals surface area contributed by atoms with Crippen LogP contribution in [0.5, 0.6) is 0 Å². The molecular formula is C15H18N2O3. The quantitative estimate of drug-likeness (QED) is 0.863. The minimum Gasteiger partial charge on any atom is -0.481 e. The molecule has 0 radical (unpaired) electrons. The monoisotopic (exact) mass is 274 g/mol. The molecule has 1 aromatic carbocycles. The molecule has 1 saturated heterocycles. The lowest BCUT2D eigenvalue weighted by atomic mass is 9.90. The fraction of sp³-hybridized carbons (Fsp3) is 0.467. The van der Waals surface area contributed by atoms with E-state index in [1.807, 2.05) is 24.3 Å². The summed E-state index contributed by atoms with van der Waals surface area (Å²) in [6, 6.07) is 7.90. The maximum Gasteiger partial charge on any atom is 0.304 e. The molecule has 0 spiro atoms. The number of anilines is 1. The van der Waals surface area contributed by atoms with Crippen LogP contribution in [0.3, 0.4) is 0 Å². The third-order valence-electron chi connectivity index (χ3n) is 4.20. The molecule has 2 aliphatic rings. The molecule has 1 aromatic rings. The van der Waals surface area contributed by atoms with E-state index in [9.17, 15) is 9.59 Å². The molecule has 1 aliphatic carbocycles. The Labute approximate surface area is 117 Å². The van der Waals surface area contributed by atoms with E-state index >= 15 is 0 Å². The Balaban J connectivity index is 1.92. The first-order chi connectivity index (χ1) is 9.61. The number of aliphatic carboxylic acids is 1. The largest absolute Gasteiger partial charge is 0.481 e. The first-order valence-electron chi connectivity index (χ1n) is 6.94. The summed E-state index contributed by atoms with van der Waals surface area (Å²) in [5.74, 6) is -0.733. The molecule has 1 heterocycles. The SMILES string of the molecule is O=C(O)CC1(c2ccccc2N2CCNC(=O)C2)CC1. The average Bonchev–Trinajstić information content (AvgIpc) is 3.19. The summed E-state index contributed by atoms with van der Waals surface area (Å²) in [7, 11) is 0. The molecule has 5 heteroatoms. The number of carboxylic acids is 1. The molecule has 0 unspecified atom stereocenters. The number of amides is 1. The minimum absolute atomic E-state index is 0.0223. The van der Waals surface area contributed by atoms with Gasteiger partial charge in [-0.1, -0.05) is 18.2 Å². The molecular weight excluding hydrogens is 256 g/mol. The Kier molecular flexibility index (Phi) is 3.12. The fourth-order valence-corrected chi connectivity index (χ4v) is 3.02. The lowest BCUT2D eigenvalue weighted by Gasteiger charge is -2.32. The molecule has 106 valence electrons.